The molecule has 1 aliphatic carbocycles. The lowest BCUT2D eigenvalue weighted by molar-refractivity contribution is -0.139. The highest BCUT2D eigenvalue weighted by Gasteiger charge is 2.63. The van der Waals surface area contributed by atoms with E-state index >= 15 is 0 Å². The Hall–Kier alpha value is -1.45. The van der Waals surface area contributed by atoms with Crippen LogP contribution in [0, 0.1) is 23.0 Å². The molecular formula is C12H12F2O2. The van der Waals surface area contributed by atoms with Gasteiger partial charge < -0.3 is 5.11 Å². The highest BCUT2D eigenvalue weighted by atomic mass is 19.1. The second-order valence-electron chi connectivity index (χ2n) is 4.78. The lowest BCUT2D eigenvalue weighted by atomic mass is 10.0. The van der Waals surface area contributed by atoms with Crippen molar-refractivity contribution < 1.29 is 18.7 Å². The first-order valence-corrected chi connectivity index (χ1v) is 5.03. The van der Waals surface area contributed by atoms with Crippen LogP contribution in [0.15, 0.2) is 18.2 Å². The van der Waals surface area contributed by atoms with Crippen molar-refractivity contribution in [1.82, 2.24) is 0 Å². The fourth-order valence-corrected chi connectivity index (χ4v) is 2.43. The van der Waals surface area contributed by atoms with Crippen molar-refractivity contribution in [2.45, 2.75) is 19.8 Å². The number of carboxylic acids is 1. The van der Waals surface area contributed by atoms with Gasteiger partial charge in [0.25, 0.3) is 0 Å². The van der Waals surface area contributed by atoms with Gasteiger partial charge in [-0.1, -0.05) is 13.8 Å². The Morgan fingerprint density at radius 1 is 1.38 bits per heavy atom. The second kappa shape index (κ2) is 3.27. The normalized spacial score (nSPS) is 26.5. The molecular weight excluding hydrogens is 214 g/mol. The van der Waals surface area contributed by atoms with Gasteiger partial charge in [-0.2, -0.15) is 0 Å². The quantitative estimate of drug-likeness (QED) is 0.841. The van der Waals surface area contributed by atoms with E-state index in [0.717, 1.165) is 18.2 Å². The Bertz CT molecular complexity index is 454. The summed E-state index contributed by atoms with van der Waals surface area (Å²) in [6.07, 6.45) is 0. The van der Waals surface area contributed by atoms with Crippen LogP contribution in [-0.2, 0) is 4.79 Å². The van der Waals surface area contributed by atoms with E-state index < -0.39 is 34.9 Å². The highest BCUT2D eigenvalue weighted by Crippen LogP contribution is 2.64. The summed E-state index contributed by atoms with van der Waals surface area (Å²) in [6, 6.07) is 3.16. The van der Waals surface area contributed by atoms with Crippen LogP contribution >= 0.6 is 0 Å². The number of benzene rings is 1. The molecule has 1 N–H and O–H groups in total. The fourth-order valence-electron chi connectivity index (χ4n) is 2.43. The average molecular weight is 226 g/mol. The molecule has 0 radical (unpaired) electrons. The summed E-state index contributed by atoms with van der Waals surface area (Å²) in [4.78, 5) is 10.9. The Kier molecular flexibility index (Phi) is 2.26. The SMILES string of the molecule is CC1(C)C(C(=O)O)C1c1cc(F)ccc1F. The second-order valence-corrected chi connectivity index (χ2v) is 4.78. The first kappa shape index (κ1) is 11.0. The van der Waals surface area contributed by atoms with Crippen molar-refractivity contribution in [2.24, 2.45) is 11.3 Å². The van der Waals surface area contributed by atoms with Crippen molar-refractivity contribution in [3.63, 3.8) is 0 Å². The number of hydrogen-bond acceptors (Lipinski definition) is 1. The van der Waals surface area contributed by atoms with Crippen molar-refractivity contribution in [3.8, 4) is 0 Å². The molecule has 2 unspecified atom stereocenters. The smallest absolute Gasteiger partial charge is 0.307 e. The van der Waals surface area contributed by atoms with Gasteiger partial charge in [-0.05, 0) is 29.2 Å². The summed E-state index contributed by atoms with van der Waals surface area (Å²) < 4.78 is 26.5. The van der Waals surface area contributed by atoms with Crippen LogP contribution in [0.2, 0.25) is 0 Å². The van der Waals surface area contributed by atoms with Gasteiger partial charge in [0.2, 0.25) is 0 Å². The molecule has 0 bridgehead atoms. The first-order valence-electron chi connectivity index (χ1n) is 5.03. The van der Waals surface area contributed by atoms with Gasteiger partial charge in [0, 0.05) is 5.92 Å². The zero-order valence-corrected chi connectivity index (χ0v) is 9.00. The molecule has 0 aromatic heterocycles. The standard InChI is InChI=1S/C12H12F2O2/c1-12(2)9(10(12)11(15)16)7-5-6(13)3-4-8(7)14/h3-5,9-10H,1-2H3,(H,15,16). The maximum absolute atomic E-state index is 13.5. The molecule has 0 amide bonds. The molecule has 1 aromatic carbocycles. The van der Waals surface area contributed by atoms with Crippen LogP contribution < -0.4 is 0 Å². The molecule has 0 saturated heterocycles. The number of aliphatic carboxylic acids is 1. The number of hydrogen-bond donors (Lipinski definition) is 1. The van der Waals surface area contributed by atoms with Crippen LogP contribution in [0.5, 0.6) is 0 Å². The third-order valence-corrected chi connectivity index (χ3v) is 3.39. The van der Waals surface area contributed by atoms with Crippen LogP contribution in [0.1, 0.15) is 25.3 Å². The van der Waals surface area contributed by atoms with Crippen LogP contribution in [0.3, 0.4) is 0 Å². The Morgan fingerprint density at radius 3 is 2.50 bits per heavy atom. The van der Waals surface area contributed by atoms with E-state index in [0.29, 0.717) is 0 Å². The third-order valence-electron chi connectivity index (χ3n) is 3.39. The summed E-state index contributed by atoms with van der Waals surface area (Å²) in [5, 5.41) is 8.96. The van der Waals surface area contributed by atoms with Crippen molar-refractivity contribution in [1.29, 1.82) is 0 Å². The molecule has 2 rings (SSSR count). The summed E-state index contributed by atoms with van der Waals surface area (Å²) in [6.45, 7) is 3.50. The molecule has 0 aliphatic heterocycles. The minimum Gasteiger partial charge on any atom is -0.481 e. The molecule has 86 valence electrons. The number of rotatable bonds is 2. The molecule has 1 aliphatic rings. The molecule has 0 heterocycles. The van der Waals surface area contributed by atoms with Crippen molar-refractivity contribution in [3.05, 3.63) is 35.4 Å². The molecule has 2 nitrogen and oxygen atoms in total. The van der Waals surface area contributed by atoms with Gasteiger partial charge >= 0.3 is 5.97 Å². The van der Waals surface area contributed by atoms with E-state index in [-0.39, 0.29) is 5.56 Å². The zero-order valence-electron chi connectivity index (χ0n) is 9.00. The van der Waals surface area contributed by atoms with Crippen LogP contribution in [0.25, 0.3) is 0 Å². The molecule has 4 heteroatoms. The average Bonchev–Trinajstić information content (AvgIpc) is 2.73. The molecule has 16 heavy (non-hydrogen) atoms. The zero-order chi connectivity index (χ0) is 12.1. The van der Waals surface area contributed by atoms with Crippen molar-refractivity contribution in [2.75, 3.05) is 0 Å². The lowest BCUT2D eigenvalue weighted by Gasteiger charge is -2.04. The minimum atomic E-state index is -0.960. The summed E-state index contributed by atoms with van der Waals surface area (Å²) in [5.41, 5.74) is -0.349. The van der Waals surface area contributed by atoms with Crippen LogP contribution in [-0.4, -0.2) is 11.1 Å². The molecule has 1 aromatic rings. The maximum atomic E-state index is 13.5. The van der Waals surface area contributed by atoms with E-state index in [1.807, 2.05) is 0 Å². The number of carbonyl (C=O) groups is 1. The molecule has 1 saturated carbocycles. The van der Waals surface area contributed by atoms with E-state index in [1.165, 1.54) is 0 Å². The van der Waals surface area contributed by atoms with Gasteiger partial charge in [-0.3, -0.25) is 4.79 Å². The van der Waals surface area contributed by atoms with Gasteiger partial charge in [-0.25, -0.2) is 8.78 Å². The predicted molar refractivity (Wildman–Crippen MR) is 54.0 cm³/mol. The first-order chi connectivity index (χ1) is 7.35. The van der Waals surface area contributed by atoms with Crippen molar-refractivity contribution >= 4 is 5.97 Å². The fraction of sp³-hybridized carbons (Fsp3) is 0.417. The monoisotopic (exact) mass is 226 g/mol. The Morgan fingerprint density at radius 2 is 2.00 bits per heavy atom. The van der Waals surface area contributed by atoms with Gasteiger partial charge in [-0.15, -0.1) is 0 Å². The molecule has 2 atom stereocenters. The number of halogens is 2. The predicted octanol–water partition coefficient (Wildman–Crippen LogP) is 2.79. The number of carboxylic acid groups (broad SMARTS) is 1. The van der Waals surface area contributed by atoms with Crippen LogP contribution in [0.4, 0.5) is 8.78 Å². The Labute approximate surface area is 91.9 Å². The molecule has 0 spiro atoms. The Balaban J connectivity index is 2.40. The van der Waals surface area contributed by atoms with Gasteiger partial charge in [0.15, 0.2) is 0 Å². The summed E-state index contributed by atoms with van der Waals surface area (Å²) >= 11 is 0. The van der Waals surface area contributed by atoms with Gasteiger partial charge in [0.1, 0.15) is 11.6 Å². The summed E-state index contributed by atoms with van der Waals surface area (Å²) in [7, 11) is 0. The lowest BCUT2D eigenvalue weighted by Crippen LogP contribution is -2.03. The van der Waals surface area contributed by atoms with E-state index in [9.17, 15) is 13.6 Å². The van der Waals surface area contributed by atoms with E-state index in [1.54, 1.807) is 13.8 Å². The topological polar surface area (TPSA) is 37.3 Å². The largest absolute Gasteiger partial charge is 0.481 e. The highest BCUT2D eigenvalue weighted by molar-refractivity contribution is 5.77. The molecule has 1 fully saturated rings. The third kappa shape index (κ3) is 1.49. The van der Waals surface area contributed by atoms with E-state index in [2.05, 4.69) is 0 Å². The summed E-state index contributed by atoms with van der Waals surface area (Å²) in [5.74, 6) is -3.12. The van der Waals surface area contributed by atoms with Gasteiger partial charge in [0.05, 0.1) is 5.92 Å². The van der Waals surface area contributed by atoms with E-state index in [4.69, 9.17) is 5.11 Å². The maximum Gasteiger partial charge on any atom is 0.307 e. The minimum absolute atomic E-state index is 0.164.